The summed E-state index contributed by atoms with van der Waals surface area (Å²) in [6.07, 6.45) is -0.118. The lowest BCUT2D eigenvalue weighted by Gasteiger charge is -2.08. The van der Waals surface area contributed by atoms with Crippen molar-refractivity contribution in [2.24, 2.45) is 0 Å². The summed E-state index contributed by atoms with van der Waals surface area (Å²) < 4.78 is 13.3. The molecule has 0 aliphatic heterocycles. The second-order valence-electron chi connectivity index (χ2n) is 4.32. The van der Waals surface area contributed by atoms with Gasteiger partial charge in [0.1, 0.15) is 5.82 Å². The standard InChI is InChI=1S/C15H11ClFNO3/c16-12-6-5-10(8-13(12)17)18-14(19)7-9-3-1-2-4-11(9)15(20)21/h1-6,8H,7H2,(H,18,19)(H,20,21). The van der Waals surface area contributed by atoms with E-state index in [1.165, 1.54) is 18.2 Å². The number of carbonyl (C=O) groups excluding carboxylic acids is 1. The summed E-state index contributed by atoms with van der Waals surface area (Å²) in [4.78, 5) is 22.9. The van der Waals surface area contributed by atoms with Crippen LogP contribution in [0.5, 0.6) is 0 Å². The van der Waals surface area contributed by atoms with Crippen molar-refractivity contribution in [1.82, 2.24) is 0 Å². The number of rotatable bonds is 4. The Labute approximate surface area is 125 Å². The lowest BCUT2D eigenvalue weighted by Crippen LogP contribution is -2.16. The fourth-order valence-electron chi connectivity index (χ4n) is 1.84. The molecule has 0 fully saturated rings. The smallest absolute Gasteiger partial charge is 0.335 e. The van der Waals surface area contributed by atoms with Gasteiger partial charge in [0.15, 0.2) is 0 Å². The first-order chi connectivity index (χ1) is 9.97. The third-order valence-corrected chi connectivity index (χ3v) is 3.11. The molecule has 0 spiro atoms. The van der Waals surface area contributed by atoms with E-state index >= 15 is 0 Å². The minimum absolute atomic E-state index is 0.0378. The molecule has 0 saturated heterocycles. The second-order valence-corrected chi connectivity index (χ2v) is 4.72. The van der Waals surface area contributed by atoms with Gasteiger partial charge in [-0.1, -0.05) is 29.8 Å². The lowest BCUT2D eigenvalue weighted by molar-refractivity contribution is -0.115. The monoisotopic (exact) mass is 307 g/mol. The maximum absolute atomic E-state index is 13.3. The van der Waals surface area contributed by atoms with Crippen LogP contribution in [0, 0.1) is 5.82 Å². The van der Waals surface area contributed by atoms with E-state index in [9.17, 15) is 14.0 Å². The molecule has 4 nitrogen and oxygen atoms in total. The second kappa shape index (κ2) is 6.37. The highest BCUT2D eigenvalue weighted by molar-refractivity contribution is 6.30. The van der Waals surface area contributed by atoms with Crippen molar-refractivity contribution in [3.05, 3.63) is 64.4 Å². The Morgan fingerprint density at radius 1 is 1.19 bits per heavy atom. The molecule has 2 N–H and O–H groups in total. The fourth-order valence-corrected chi connectivity index (χ4v) is 1.95. The number of hydrogen-bond donors (Lipinski definition) is 2. The van der Waals surface area contributed by atoms with Gasteiger partial charge in [-0.3, -0.25) is 4.79 Å². The third kappa shape index (κ3) is 3.79. The lowest BCUT2D eigenvalue weighted by atomic mass is 10.0. The van der Waals surface area contributed by atoms with E-state index in [1.807, 2.05) is 0 Å². The van der Waals surface area contributed by atoms with Crippen molar-refractivity contribution in [1.29, 1.82) is 0 Å². The number of benzene rings is 2. The van der Waals surface area contributed by atoms with E-state index < -0.39 is 17.7 Å². The van der Waals surface area contributed by atoms with E-state index in [-0.39, 0.29) is 22.7 Å². The van der Waals surface area contributed by atoms with Gasteiger partial charge in [-0.25, -0.2) is 9.18 Å². The number of aromatic carboxylic acids is 1. The van der Waals surface area contributed by atoms with Crippen LogP contribution in [0.25, 0.3) is 0 Å². The van der Waals surface area contributed by atoms with Gasteiger partial charge in [0.25, 0.3) is 0 Å². The van der Waals surface area contributed by atoms with Gasteiger partial charge in [0, 0.05) is 5.69 Å². The fraction of sp³-hybridized carbons (Fsp3) is 0.0667. The molecular weight excluding hydrogens is 297 g/mol. The quantitative estimate of drug-likeness (QED) is 0.910. The van der Waals surface area contributed by atoms with E-state index in [1.54, 1.807) is 18.2 Å². The molecule has 6 heteroatoms. The molecule has 0 atom stereocenters. The number of anilines is 1. The van der Waals surface area contributed by atoms with Gasteiger partial charge < -0.3 is 10.4 Å². The van der Waals surface area contributed by atoms with Gasteiger partial charge >= 0.3 is 5.97 Å². The summed E-state index contributed by atoms with van der Waals surface area (Å²) in [7, 11) is 0. The van der Waals surface area contributed by atoms with Crippen molar-refractivity contribution in [2.45, 2.75) is 6.42 Å². The van der Waals surface area contributed by atoms with Crippen LogP contribution >= 0.6 is 11.6 Å². The average molecular weight is 308 g/mol. The molecule has 2 aromatic rings. The summed E-state index contributed by atoms with van der Waals surface area (Å²) in [6, 6.07) is 10.1. The number of amides is 1. The summed E-state index contributed by atoms with van der Waals surface area (Å²) in [5, 5.41) is 11.5. The van der Waals surface area contributed by atoms with Gasteiger partial charge in [0.2, 0.25) is 5.91 Å². The molecule has 0 aromatic heterocycles. The molecule has 21 heavy (non-hydrogen) atoms. The number of carboxylic acids is 1. The number of halogens is 2. The van der Waals surface area contributed by atoms with Crippen LogP contribution in [0.15, 0.2) is 42.5 Å². The first-order valence-electron chi connectivity index (χ1n) is 6.03. The Hall–Kier alpha value is -2.40. The van der Waals surface area contributed by atoms with Crippen LogP contribution in [0.4, 0.5) is 10.1 Å². The zero-order chi connectivity index (χ0) is 15.4. The zero-order valence-electron chi connectivity index (χ0n) is 10.8. The summed E-state index contributed by atoms with van der Waals surface area (Å²) in [5.41, 5.74) is 0.710. The molecule has 0 aliphatic rings. The molecule has 0 bridgehead atoms. The van der Waals surface area contributed by atoms with Crippen molar-refractivity contribution in [2.75, 3.05) is 5.32 Å². The average Bonchev–Trinajstić information content (AvgIpc) is 2.43. The van der Waals surface area contributed by atoms with Crippen molar-refractivity contribution in [3.8, 4) is 0 Å². The largest absolute Gasteiger partial charge is 0.478 e. The molecule has 2 aromatic carbocycles. The molecular formula is C15H11ClFNO3. The van der Waals surface area contributed by atoms with Crippen molar-refractivity contribution >= 4 is 29.2 Å². The van der Waals surface area contributed by atoms with Gasteiger partial charge in [-0.05, 0) is 29.8 Å². The Morgan fingerprint density at radius 2 is 1.90 bits per heavy atom. The highest BCUT2D eigenvalue weighted by Crippen LogP contribution is 2.19. The minimum atomic E-state index is -1.10. The Balaban J connectivity index is 2.12. The molecule has 0 unspecified atom stereocenters. The summed E-state index contributed by atoms with van der Waals surface area (Å²) in [5.74, 6) is -2.18. The van der Waals surface area contributed by atoms with Crippen LogP contribution < -0.4 is 5.32 Å². The van der Waals surface area contributed by atoms with Gasteiger partial charge in [0.05, 0.1) is 17.0 Å². The molecule has 0 radical (unpaired) electrons. The van der Waals surface area contributed by atoms with Crippen LogP contribution in [0.1, 0.15) is 15.9 Å². The predicted octanol–water partition coefficient (Wildman–Crippen LogP) is 3.36. The number of hydrogen-bond acceptors (Lipinski definition) is 2. The minimum Gasteiger partial charge on any atom is -0.478 e. The predicted molar refractivity (Wildman–Crippen MR) is 77.1 cm³/mol. The highest BCUT2D eigenvalue weighted by atomic mass is 35.5. The topological polar surface area (TPSA) is 66.4 Å². The highest BCUT2D eigenvalue weighted by Gasteiger charge is 2.13. The van der Waals surface area contributed by atoms with E-state index in [4.69, 9.17) is 16.7 Å². The van der Waals surface area contributed by atoms with Gasteiger partial charge in [-0.2, -0.15) is 0 Å². The van der Waals surface area contributed by atoms with Crippen LogP contribution in [-0.2, 0) is 11.2 Å². The van der Waals surface area contributed by atoms with Crippen LogP contribution in [0.2, 0.25) is 5.02 Å². The first kappa shape index (κ1) is 15.0. The molecule has 0 heterocycles. The molecule has 0 aliphatic carbocycles. The maximum atomic E-state index is 13.3. The molecule has 2 rings (SSSR count). The Morgan fingerprint density at radius 3 is 2.57 bits per heavy atom. The summed E-state index contributed by atoms with van der Waals surface area (Å²) in [6.45, 7) is 0. The SMILES string of the molecule is O=C(Cc1ccccc1C(=O)O)Nc1ccc(Cl)c(F)c1. The zero-order valence-corrected chi connectivity index (χ0v) is 11.5. The third-order valence-electron chi connectivity index (χ3n) is 2.80. The van der Waals surface area contributed by atoms with Crippen molar-refractivity contribution < 1.29 is 19.1 Å². The number of carbonyl (C=O) groups is 2. The van der Waals surface area contributed by atoms with E-state index in [2.05, 4.69) is 5.32 Å². The Kier molecular flexibility index (Phi) is 4.55. The number of carboxylic acid groups (broad SMARTS) is 1. The normalized spacial score (nSPS) is 10.2. The van der Waals surface area contributed by atoms with Crippen molar-refractivity contribution in [3.63, 3.8) is 0 Å². The summed E-state index contributed by atoms with van der Waals surface area (Å²) >= 11 is 5.55. The molecule has 0 saturated carbocycles. The molecule has 1 amide bonds. The van der Waals surface area contributed by atoms with E-state index in [0.717, 1.165) is 6.07 Å². The van der Waals surface area contributed by atoms with Crippen LogP contribution in [-0.4, -0.2) is 17.0 Å². The molecule has 108 valence electrons. The van der Waals surface area contributed by atoms with E-state index in [0.29, 0.717) is 5.56 Å². The maximum Gasteiger partial charge on any atom is 0.335 e. The van der Waals surface area contributed by atoms with Gasteiger partial charge in [-0.15, -0.1) is 0 Å². The Bertz CT molecular complexity index is 703. The first-order valence-corrected chi connectivity index (χ1v) is 6.41. The van der Waals surface area contributed by atoms with Crippen LogP contribution in [0.3, 0.4) is 0 Å². The number of nitrogens with one attached hydrogen (secondary N) is 1.